The van der Waals surface area contributed by atoms with Crippen LogP contribution in [0.4, 0.5) is 0 Å². The first-order valence-corrected chi connectivity index (χ1v) is 6.53. The van der Waals surface area contributed by atoms with Crippen molar-refractivity contribution in [2.75, 3.05) is 0 Å². The van der Waals surface area contributed by atoms with Crippen molar-refractivity contribution in [3.8, 4) is 11.5 Å². The largest absolute Gasteiger partial charge is 0.504 e. The molecule has 0 saturated carbocycles. The summed E-state index contributed by atoms with van der Waals surface area (Å²) in [5.74, 6) is -0.153. The van der Waals surface area contributed by atoms with Crippen LogP contribution in [0.1, 0.15) is 23.6 Å². The molecule has 1 aromatic heterocycles. The summed E-state index contributed by atoms with van der Waals surface area (Å²) in [6.45, 7) is 6.35. The molecule has 0 spiro atoms. The molecule has 2 rings (SSSR count). The highest BCUT2D eigenvalue weighted by Crippen LogP contribution is 2.22. The van der Waals surface area contributed by atoms with Gasteiger partial charge in [-0.25, -0.2) is 0 Å². The Labute approximate surface area is 112 Å². The first-order valence-electron chi connectivity index (χ1n) is 5.71. The summed E-state index contributed by atoms with van der Waals surface area (Å²) in [5.41, 5.74) is 1.37. The topological polar surface area (TPSA) is 40.5 Å². The van der Waals surface area contributed by atoms with Crippen LogP contribution in [0, 0.1) is 6.92 Å². The van der Waals surface area contributed by atoms with Crippen LogP contribution in [0.2, 0.25) is 0 Å². The minimum Gasteiger partial charge on any atom is -0.504 e. The van der Waals surface area contributed by atoms with Gasteiger partial charge in [-0.2, -0.15) is 0 Å². The smallest absolute Gasteiger partial charge is 0.157 e. The minimum absolute atomic E-state index is 0.0764. The standard InChI is InChI=1S/C9H12S.C6H6O2/c1-4-7(2)9-6-5-8(3)10-9;7-5-3-1-2-4-6(5)8/h4-6H,1-3H3;1-4,7-8H/b7-4+;. The fourth-order valence-corrected chi connectivity index (χ4v) is 2.15. The lowest BCUT2D eigenvalue weighted by atomic mass is 10.2. The Hall–Kier alpha value is -1.74. The molecule has 2 aromatic rings. The summed E-state index contributed by atoms with van der Waals surface area (Å²) in [4.78, 5) is 2.77. The zero-order chi connectivity index (χ0) is 13.5. The molecule has 1 heterocycles. The van der Waals surface area contributed by atoms with Crippen LogP contribution in [0.25, 0.3) is 5.57 Å². The first kappa shape index (κ1) is 14.3. The predicted octanol–water partition coefficient (Wildman–Crippen LogP) is 4.58. The lowest BCUT2D eigenvalue weighted by Gasteiger charge is -1.91. The van der Waals surface area contributed by atoms with Crippen molar-refractivity contribution in [2.45, 2.75) is 20.8 Å². The third-order valence-corrected chi connectivity index (χ3v) is 3.58. The van der Waals surface area contributed by atoms with Crippen LogP contribution in [0.15, 0.2) is 42.5 Å². The normalized spacial score (nSPS) is 10.7. The van der Waals surface area contributed by atoms with Crippen molar-refractivity contribution in [1.82, 2.24) is 0 Å². The van der Waals surface area contributed by atoms with Gasteiger partial charge < -0.3 is 10.2 Å². The fraction of sp³-hybridized carbons (Fsp3) is 0.200. The Bertz CT molecular complexity index is 506. The number of thiophene rings is 1. The number of hydrogen-bond donors (Lipinski definition) is 2. The van der Waals surface area contributed by atoms with Gasteiger partial charge in [0.25, 0.3) is 0 Å². The molecular weight excluding hydrogens is 244 g/mol. The quantitative estimate of drug-likeness (QED) is 0.739. The van der Waals surface area contributed by atoms with E-state index in [0.717, 1.165) is 0 Å². The Morgan fingerprint density at radius 3 is 1.94 bits per heavy atom. The number of aromatic hydroxyl groups is 2. The van der Waals surface area contributed by atoms with Gasteiger partial charge in [0.1, 0.15) is 0 Å². The molecule has 0 unspecified atom stereocenters. The average molecular weight is 262 g/mol. The first-order chi connectivity index (χ1) is 8.54. The van der Waals surface area contributed by atoms with Crippen LogP contribution in [-0.4, -0.2) is 10.2 Å². The van der Waals surface area contributed by atoms with Gasteiger partial charge in [-0.15, -0.1) is 11.3 Å². The van der Waals surface area contributed by atoms with Gasteiger partial charge in [0.05, 0.1) is 0 Å². The van der Waals surface area contributed by atoms with Crippen molar-refractivity contribution in [2.24, 2.45) is 0 Å². The second-order valence-corrected chi connectivity index (χ2v) is 5.16. The second kappa shape index (κ2) is 6.87. The average Bonchev–Trinajstić information content (AvgIpc) is 2.80. The van der Waals surface area contributed by atoms with E-state index in [1.54, 1.807) is 12.1 Å². The molecule has 96 valence electrons. The number of hydrogen-bond acceptors (Lipinski definition) is 3. The summed E-state index contributed by atoms with van der Waals surface area (Å²) in [6, 6.07) is 10.5. The SMILES string of the molecule is C/C=C(\C)c1ccc(C)s1.Oc1ccccc1O. The number of phenolic OH excluding ortho intramolecular Hbond substituents is 2. The van der Waals surface area contributed by atoms with Crippen molar-refractivity contribution < 1.29 is 10.2 Å². The highest BCUT2D eigenvalue weighted by molar-refractivity contribution is 7.13. The van der Waals surface area contributed by atoms with E-state index in [4.69, 9.17) is 10.2 Å². The van der Waals surface area contributed by atoms with E-state index < -0.39 is 0 Å². The minimum atomic E-state index is -0.0764. The Balaban J connectivity index is 0.000000184. The van der Waals surface area contributed by atoms with E-state index in [0.29, 0.717) is 0 Å². The molecule has 0 radical (unpaired) electrons. The molecule has 0 aliphatic heterocycles. The van der Waals surface area contributed by atoms with Gasteiger partial charge in [0.2, 0.25) is 0 Å². The maximum atomic E-state index is 8.67. The summed E-state index contributed by atoms with van der Waals surface area (Å²) in [7, 11) is 0. The fourth-order valence-electron chi connectivity index (χ4n) is 1.25. The highest BCUT2D eigenvalue weighted by atomic mass is 32.1. The van der Waals surface area contributed by atoms with Crippen molar-refractivity contribution >= 4 is 16.9 Å². The summed E-state index contributed by atoms with van der Waals surface area (Å²) < 4.78 is 0. The van der Waals surface area contributed by atoms with E-state index in [1.807, 2.05) is 11.3 Å². The number of benzene rings is 1. The number of phenols is 2. The van der Waals surface area contributed by atoms with Crippen LogP contribution in [0.3, 0.4) is 0 Å². The number of aryl methyl sites for hydroxylation is 1. The zero-order valence-corrected chi connectivity index (χ0v) is 11.7. The molecule has 0 bridgehead atoms. The summed E-state index contributed by atoms with van der Waals surface area (Å²) >= 11 is 1.85. The van der Waals surface area contributed by atoms with Gasteiger partial charge >= 0.3 is 0 Å². The zero-order valence-electron chi connectivity index (χ0n) is 10.8. The molecule has 2 nitrogen and oxygen atoms in total. The molecule has 0 fully saturated rings. The maximum absolute atomic E-state index is 8.67. The Morgan fingerprint density at radius 1 is 1.06 bits per heavy atom. The van der Waals surface area contributed by atoms with Gasteiger partial charge in [-0.05, 0) is 50.6 Å². The lowest BCUT2D eigenvalue weighted by Crippen LogP contribution is -1.66. The van der Waals surface area contributed by atoms with Gasteiger partial charge in [0.15, 0.2) is 11.5 Å². The second-order valence-electron chi connectivity index (χ2n) is 3.87. The van der Waals surface area contributed by atoms with E-state index in [9.17, 15) is 0 Å². The third-order valence-electron chi connectivity index (χ3n) is 2.44. The maximum Gasteiger partial charge on any atom is 0.157 e. The lowest BCUT2D eigenvalue weighted by molar-refractivity contribution is 0.404. The summed E-state index contributed by atoms with van der Waals surface area (Å²) in [6.07, 6.45) is 2.14. The van der Waals surface area contributed by atoms with Crippen LogP contribution >= 0.6 is 11.3 Å². The van der Waals surface area contributed by atoms with Crippen molar-refractivity contribution in [1.29, 1.82) is 0 Å². The van der Waals surface area contributed by atoms with E-state index in [-0.39, 0.29) is 11.5 Å². The van der Waals surface area contributed by atoms with Gasteiger partial charge in [0, 0.05) is 9.75 Å². The highest BCUT2D eigenvalue weighted by Gasteiger charge is 1.95. The van der Waals surface area contributed by atoms with E-state index >= 15 is 0 Å². The van der Waals surface area contributed by atoms with Crippen molar-refractivity contribution in [3.63, 3.8) is 0 Å². The monoisotopic (exact) mass is 262 g/mol. The number of para-hydroxylation sites is 2. The Kier molecular flexibility index (Phi) is 5.46. The van der Waals surface area contributed by atoms with Crippen LogP contribution in [0.5, 0.6) is 11.5 Å². The Morgan fingerprint density at radius 2 is 1.61 bits per heavy atom. The molecule has 0 aliphatic rings. The molecule has 0 aliphatic carbocycles. The molecule has 0 amide bonds. The molecule has 3 heteroatoms. The number of rotatable bonds is 1. The van der Waals surface area contributed by atoms with Crippen LogP contribution < -0.4 is 0 Å². The van der Waals surface area contributed by atoms with Gasteiger partial charge in [-0.3, -0.25) is 0 Å². The molecule has 1 aromatic carbocycles. The molecule has 18 heavy (non-hydrogen) atoms. The van der Waals surface area contributed by atoms with Gasteiger partial charge in [-0.1, -0.05) is 18.2 Å². The molecular formula is C15H18O2S. The molecule has 2 N–H and O–H groups in total. The molecule has 0 saturated heterocycles. The van der Waals surface area contributed by atoms with E-state index in [2.05, 4.69) is 39.0 Å². The summed E-state index contributed by atoms with van der Waals surface area (Å²) in [5, 5.41) is 17.3. The van der Waals surface area contributed by atoms with Crippen molar-refractivity contribution in [3.05, 3.63) is 52.2 Å². The van der Waals surface area contributed by atoms with E-state index in [1.165, 1.54) is 27.5 Å². The third kappa shape index (κ3) is 4.26. The predicted molar refractivity (Wildman–Crippen MR) is 78.2 cm³/mol. The molecule has 0 atom stereocenters. The van der Waals surface area contributed by atoms with Crippen LogP contribution in [-0.2, 0) is 0 Å². The number of allylic oxidation sites excluding steroid dienone is 2.